The van der Waals surface area contributed by atoms with E-state index in [0.717, 1.165) is 23.3 Å². The largest absolute Gasteiger partial charge is 0.462 e. The van der Waals surface area contributed by atoms with Gasteiger partial charge in [-0.05, 0) is 38.3 Å². The van der Waals surface area contributed by atoms with E-state index in [-0.39, 0.29) is 24.1 Å². The monoisotopic (exact) mass is 387 g/mol. The molecule has 1 saturated carbocycles. The van der Waals surface area contributed by atoms with Gasteiger partial charge in [0.1, 0.15) is 5.00 Å². The van der Waals surface area contributed by atoms with Crippen LogP contribution in [0.3, 0.4) is 0 Å². The Morgan fingerprint density at radius 1 is 1.22 bits per heavy atom. The first-order valence-corrected chi connectivity index (χ1v) is 9.69. The molecule has 1 aromatic heterocycles. The van der Waals surface area contributed by atoms with Crippen molar-refractivity contribution in [1.29, 1.82) is 0 Å². The zero-order valence-corrected chi connectivity index (χ0v) is 16.0. The summed E-state index contributed by atoms with van der Waals surface area (Å²) < 4.78 is 10.3. The van der Waals surface area contributed by atoms with Gasteiger partial charge in [-0.3, -0.25) is 9.59 Å². The molecule has 1 unspecified atom stereocenters. The van der Waals surface area contributed by atoms with Crippen molar-refractivity contribution < 1.29 is 23.9 Å². The molecular formula is C20H21NO5S. The Kier molecular flexibility index (Phi) is 5.91. The molecule has 1 aliphatic carbocycles. The quantitative estimate of drug-likeness (QED) is 0.729. The minimum atomic E-state index is -0.935. The number of anilines is 1. The lowest BCUT2D eigenvalue weighted by Crippen LogP contribution is -2.30. The number of thiophene rings is 1. The number of carbonyl (C=O) groups is 3. The van der Waals surface area contributed by atoms with E-state index in [1.165, 1.54) is 18.3 Å². The molecule has 1 fully saturated rings. The summed E-state index contributed by atoms with van der Waals surface area (Å²) in [6.45, 7) is 3.48. The molecule has 3 rings (SSSR count). The van der Waals surface area contributed by atoms with E-state index in [2.05, 4.69) is 5.32 Å². The lowest BCUT2D eigenvalue weighted by atomic mass is 10.1. The molecule has 0 spiro atoms. The van der Waals surface area contributed by atoms with E-state index in [0.29, 0.717) is 5.00 Å². The molecule has 2 aromatic rings. The van der Waals surface area contributed by atoms with Crippen molar-refractivity contribution in [3.05, 3.63) is 42.0 Å². The summed E-state index contributed by atoms with van der Waals surface area (Å²) in [6, 6.07) is 11.3. The number of carbonyl (C=O) groups excluding carboxylic acids is 3. The molecule has 0 radical (unpaired) electrons. The van der Waals surface area contributed by atoms with Crippen molar-refractivity contribution in [3.8, 4) is 10.4 Å². The van der Waals surface area contributed by atoms with Crippen molar-refractivity contribution in [1.82, 2.24) is 0 Å². The lowest BCUT2D eigenvalue weighted by molar-refractivity contribution is -0.154. The van der Waals surface area contributed by atoms with Crippen LogP contribution >= 0.6 is 11.3 Å². The second-order valence-electron chi connectivity index (χ2n) is 6.28. The molecule has 27 heavy (non-hydrogen) atoms. The fraction of sp³-hybridized carbons (Fsp3) is 0.350. The number of esters is 2. The first-order chi connectivity index (χ1) is 13.0. The van der Waals surface area contributed by atoms with Gasteiger partial charge in [-0.2, -0.15) is 0 Å². The second kappa shape index (κ2) is 8.35. The molecular weight excluding hydrogens is 366 g/mol. The molecule has 1 N–H and O–H groups in total. The molecule has 1 aliphatic rings. The summed E-state index contributed by atoms with van der Waals surface area (Å²) in [5.74, 6) is -1.41. The van der Waals surface area contributed by atoms with Crippen LogP contribution in [0.4, 0.5) is 5.00 Å². The van der Waals surface area contributed by atoms with E-state index in [1.807, 2.05) is 30.3 Å². The van der Waals surface area contributed by atoms with Gasteiger partial charge in [-0.25, -0.2) is 4.79 Å². The number of hydrogen-bond acceptors (Lipinski definition) is 6. The maximum absolute atomic E-state index is 12.4. The summed E-state index contributed by atoms with van der Waals surface area (Å²) in [7, 11) is 0. The molecule has 0 aliphatic heterocycles. The maximum Gasteiger partial charge on any atom is 0.341 e. The van der Waals surface area contributed by atoms with Crippen molar-refractivity contribution in [2.45, 2.75) is 32.8 Å². The van der Waals surface area contributed by atoms with Crippen LogP contribution in [-0.2, 0) is 19.1 Å². The van der Waals surface area contributed by atoms with Crippen molar-refractivity contribution in [3.63, 3.8) is 0 Å². The summed E-state index contributed by atoms with van der Waals surface area (Å²) in [5, 5.41) is 3.09. The molecule has 0 bridgehead atoms. The van der Waals surface area contributed by atoms with Crippen LogP contribution in [0, 0.1) is 5.92 Å². The average Bonchev–Trinajstić information content (AvgIpc) is 3.43. The average molecular weight is 387 g/mol. The summed E-state index contributed by atoms with van der Waals surface area (Å²) in [4.78, 5) is 37.3. The number of rotatable bonds is 7. The fourth-order valence-electron chi connectivity index (χ4n) is 2.45. The van der Waals surface area contributed by atoms with Gasteiger partial charge in [0, 0.05) is 4.88 Å². The highest BCUT2D eigenvalue weighted by atomic mass is 32.1. The summed E-state index contributed by atoms with van der Waals surface area (Å²) >= 11 is 1.28. The van der Waals surface area contributed by atoms with Crippen LogP contribution in [0.1, 0.15) is 37.0 Å². The van der Waals surface area contributed by atoms with Gasteiger partial charge in [0.25, 0.3) is 5.91 Å². The van der Waals surface area contributed by atoms with Gasteiger partial charge >= 0.3 is 11.9 Å². The Morgan fingerprint density at radius 3 is 2.56 bits per heavy atom. The highest BCUT2D eigenvalue weighted by Crippen LogP contribution is 2.36. The molecule has 1 amide bonds. The van der Waals surface area contributed by atoms with Crippen molar-refractivity contribution in [2.75, 3.05) is 11.9 Å². The van der Waals surface area contributed by atoms with Crippen molar-refractivity contribution >= 4 is 34.2 Å². The second-order valence-corrected chi connectivity index (χ2v) is 7.33. The molecule has 0 saturated heterocycles. The number of benzene rings is 1. The Morgan fingerprint density at radius 2 is 1.93 bits per heavy atom. The molecule has 1 aromatic carbocycles. The highest BCUT2D eigenvalue weighted by molar-refractivity contribution is 7.20. The van der Waals surface area contributed by atoms with E-state index in [1.54, 1.807) is 13.0 Å². The summed E-state index contributed by atoms with van der Waals surface area (Å²) in [6.07, 6.45) is 0.687. The number of ether oxygens (including phenoxy) is 2. The number of amides is 1. The SMILES string of the molecule is CCOC(=O)c1cc(-c2ccccc2)sc1NC(=O)C(C)OC(=O)C1CC1. The Labute approximate surface area is 161 Å². The Balaban J connectivity index is 1.79. The zero-order valence-electron chi connectivity index (χ0n) is 15.2. The van der Waals surface area contributed by atoms with Gasteiger partial charge < -0.3 is 14.8 Å². The zero-order chi connectivity index (χ0) is 19.4. The molecule has 6 nitrogen and oxygen atoms in total. The van der Waals surface area contributed by atoms with Crippen LogP contribution < -0.4 is 5.32 Å². The first kappa shape index (κ1) is 19.1. The maximum atomic E-state index is 12.4. The van der Waals surface area contributed by atoms with Crippen LogP contribution in [-0.4, -0.2) is 30.6 Å². The van der Waals surface area contributed by atoms with Gasteiger partial charge in [0.15, 0.2) is 6.10 Å². The van der Waals surface area contributed by atoms with Crippen LogP contribution in [0.2, 0.25) is 0 Å². The van der Waals surface area contributed by atoms with E-state index in [9.17, 15) is 14.4 Å². The van der Waals surface area contributed by atoms with Crippen LogP contribution in [0.15, 0.2) is 36.4 Å². The summed E-state index contributed by atoms with van der Waals surface area (Å²) in [5.41, 5.74) is 1.22. The van der Waals surface area contributed by atoms with Gasteiger partial charge in [-0.1, -0.05) is 30.3 Å². The molecule has 1 atom stereocenters. The van der Waals surface area contributed by atoms with Gasteiger partial charge in [-0.15, -0.1) is 11.3 Å². The fourth-order valence-corrected chi connectivity index (χ4v) is 3.50. The third kappa shape index (κ3) is 4.74. The number of hydrogen-bond donors (Lipinski definition) is 1. The van der Waals surface area contributed by atoms with E-state index < -0.39 is 18.0 Å². The predicted octanol–water partition coefficient (Wildman–Crippen LogP) is 3.87. The normalized spacial score (nSPS) is 14.3. The van der Waals surface area contributed by atoms with E-state index >= 15 is 0 Å². The standard InChI is InChI=1S/C20H21NO5S/c1-3-25-20(24)15-11-16(13-7-5-4-6-8-13)27-18(15)21-17(22)12(2)26-19(23)14-9-10-14/h4-8,11-12,14H,3,9-10H2,1-2H3,(H,21,22). The molecule has 142 valence electrons. The smallest absolute Gasteiger partial charge is 0.341 e. The minimum Gasteiger partial charge on any atom is -0.462 e. The van der Waals surface area contributed by atoms with E-state index in [4.69, 9.17) is 9.47 Å². The van der Waals surface area contributed by atoms with Crippen LogP contribution in [0.25, 0.3) is 10.4 Å². The van der Waals surface area contributed by atoms with Gasteiger partial charge in [0.05, 0.1) is 18.1 Å². The predicted molar refractivity (Wildman–Crippen MR) is 103 cm³/mol. The highest BCUT2D eigenvalue weighted by Gasteiger charge is 2.33. The number of nitrogens with one attached hydrogen (secondary N) is 1. The molecule has 1 heterocycles. The topological polar surface area (TPSA) is 81.7 Å². The minimum absolute atomic E-state index is 0.0817. The third-order valence-electron chi connectivity index (χ3n) is 4.10. The third-order valence-corrected chi connectivity index (χ3v) is 5.19. The Hall–Kier alpha value is -2.67. The van der Waals surface area contributed by atoms with Gasteiger partial charge in [0.2, 0.25) is 0 Å². The lowest BCUT2D eigenvalue weighted by Gasteiger charge is -2.13. The first-order valence-electron chi connectivity index (χ1n) is 8.87. The molecule has 7 heteroatoms. The van der Waals surface area contributed by atoms with Crippen LogP contribution in [0.5, 0.6) is 0 Å². The Bertz CT molecular complexity index is 841. The van der Waals surface area contributed by atoms with Crippen molar-refractivity contribution in [2.24, 2.45) is 5.92 Å².